The van der Waals surface area contributed by atoms with E-state index < -0.39 is 5.41 Å². The van der Waals surface area contributed by atoms with Crippen LogP contribution in [0.2, 0.25) is 0 Å². The molecule has 2 unspecified atom stereocenters. The lowest BCUT2D eigenvalue weighted by Crippen LogP contribution is -2.44. The molecule has 21 heavy (non-hydrogen) atoms. The summed E-state index contributed by atoms with van der Waals surface area (Å²) in [5.74, 6) is 0.0384. The molecule has 3 N–H and O–H groups in total. The van der Waals surface area contributed by atoms with Gasteiger partial charge in [-0.15, -0.1) is 11.3 Å². The normalized spacial score (nSPS) is 25.0. The van der Waals surface area contributed by atoms with Crippen LogP contribution in [0.15, 0.2) is 41.8 Å². The number of benzene rings is 1. The summed E-state index contributed by atoms with van der Waals surface area (Å²) in [6.07, 6.45) is 2.81. The summed E-state index contributed by atoms with van der Waals surface area (Å²) in [7, 11) is 0. The summed E-state index contributed by atoms with van der Waals surface area (Å²) in [5.41, 5.74) is 7.62. The van der Waals surface area contributed by atoms with Gasteiger partial charge >= 0.3 is 0 Å². The van der Waals surface area contributed by atoms with Crippen LogP contribution in [-0.4, -0.2) is 11.9 Å². The van der Waals surface area contributed by atoms with Gasteiger partial charge in [-0.05, 0) is 37.3 Å². The molecule has 1 aromatic carbocycles. The fourth-order valence-corrected chi connectivity index (χ4v) is 3.74. The average Bonchev–Trinajstić information content (AvgIpc) is 3.11. The third-order valence-electron chi connectivity index (χ3n) is 4.51. The van der Waals surface area contributed by atoms with Gasteiger partial charge in [0.2, 0.25) is 5.91 Å². The second kappa shape index (κ2) is 5.62. The van der Waals surface area contributed by atoms with Crippen LogP contribution in [0.3, 0.4) is 0 Å². The maximum absolute atomic E-state index is 12.7. The highest BCUT2D eigenvalue weighted by molar-refractivity contribution is 7.13. The molecule has 1 aliphatic rings. The standard InChI is InChI=1S/C17H20N2OS/c1-17(10-4-9-15(17)18)16(20)19-13-7-3-2-6-12(13)14-8-5-11-21-14/h2-3,5-8,11,15H,4,9-10,18H2,1H3,(H,19,20). The smallest absolute Gasteiger partial charge is 0.231 e. The summed E-state index contributed by atoms with van der Waals surface area (Å²) in [6.45, 7) is 1.98. The van der Waals surface area contributed by atoms with E-state index in [4.69, 9.17) is 5.73 Å². The number of rotatable bonds is 3. The van der Waals surface area contributed by atoms with Crippen molar-refractivity contribution in [3.63, 3.8) is 0 Å². The van der Waals surface area contributed by atoms with Crippen LogP contribution in [0.4, 0.5) is 5.69 Å². The van der Waals surface area contributed by atoms with Gasteiger partial charge in [0.15, 0.2) is 0 Å². The minimum Gasteiger partial charge on any atom is -0.327 e. The Hall–Kier alpha value is -1.65. The SMILES string of the molecule is CC1(C(=O)Nc2ccccc2-c2cccs2)CCCC1N. The number of thiophene rings is 1. The summed E-state index contributed by atoms with van der Waals surface area (Å²) < 4.78 is 0. The Labute approximate surface area is 129 Å². The first-order valence-electron chi connectivity index (χ1n) is 7.31. The number of amides is 1. The third-order valence-corrected chi connectivity index (χ3v) is 5.41. The van der Waals surface area contributed by atoms with Gasteiger partial charge in [0.05, 0.1) is 5.41 Å². The number of para-hydroxylation sites is 1. The van der Waals surface area contributed by atoms with Gasteiger partial charge in [-0.1, -0.05) is 30.7 Å². The van der Waals surface area contributed by atoms with E-state index in [9.17, 15) is 4.79 Å². The summed E-state index contributed by atoms with van der Waals surface area (Å²) in [5, 5.41) is 5.14. The molecule has 0 aliphatic heterocycles. The summed E-state index contributed by atoms with van der Waals surface area (Å²) in [4.78, 5) is 13.8. The zero-order valence-electron chi connectivity index (χ0n) is 12.1. The number of nitrogens with two attached hydrogens (primary N) is 1. The number of carbonyl (C=O) groups excluding carboxylic acids is 1. The van der Waals surface area contributed by atoms with E-state index in [1.807, 2.05) is 42.6 Å². The van der Waals surface area contributed by atoms with Crippen LogP contribution in [0.5, 0.6) is 0 Å². The predicted molar refractivity (Wildman–Crippen MR) is 88.3 cm³/mol. The van der Waals surface area contributed by atoms with E-state index in [1.165, 1.54) is 0 Å². The number of hydrogen-bond acceptors (Lipinski definition) is 3. The van der Waals surface area contributed by atoms with Gasteiger partial charge < -0.3 is 11.1 Å². The van der Waals surface area contributed by atoms with Crippen LogP contribution in [0.1, 0.15) is 26.2 Å². The lowest BCUT2D eigenvalue weighted by Gasteiger charge is -2.28. The average molecular weight is 300 g/mol. The molecule has 3 rings (SSSR count). The van der Waals surface area contributed by atoms with Crippen molar-refractivity contribution in [2.45, 2.75) is 32.2 Å². The fourth-order valence-electron chi connectivity index (χ4n) is 2.98. The molecule has 0 bridgehead atoms. The van der Waals surface area contributed by atoms with Crippen molar-refractivity contribution in [1.29, 1.82) is 0 Å². The van der Waals surface area contributed by atoms with Crippen molar-refractivity contribution in [2.24, 2.45) is 11.1 Å². The Morgan fingerprint density at radius 1 is 1.33 bits per heavy atom. The molecule has 1 heterocycles. The molecule has 2 atom stereocenters. The van der Waals surface area contributed by atoms with E-state index in [1.54, 1.807) is 11.3 Å². The second-order valence-corrected chi connectivity index (χ2v) is 6.84. The molecule has 2 aromatic rings. The van der Waals surface area contributed by atoms with Crippen molar-refractivity contribution in [2.75, 3.05) is 5.32 Å². The molecular formula is C17H20N2OS. The van der Waals surface area contributed by atoms with Gasteiger partial charge in [-0.25, -0.2) is 0 Å². The Kier molecular flexibility index (Phi) is 3.83. The van der Waals surface area contributed by atoms with E-state index >= 15 is 0 Å². The van der Waals surface area contributed by atoms with Crippen LogP contribution < -0.4 is 11.1 Å². The maximum atomic E-state index is 12.7. The molecule has 1 aromatic heterocycles. The molecule has 1 amide bonds. The molecule has 110 valence electrons. The highest BCUT2D eigenvalue weighted by atomic mass is 32.1. The highest BCUT2D eigenvalue weighted by Crippen LogP contribution is 2.39. The molecule has 1 aliphatic carbocycles. The first-order chi connectivity index (χ1) is 10.1. The molecule has 0 radical (unpaired) electrons. The van der Waals surface area contributed by atoms with Crippen LogP contribution >= 0.6 is 11.3 Å². The number of anilines is 1. The Balaban J connectivity index is 1.87. The second-order valence-electron chi connectivity index (χ2n) is 5.89. The van der Waals surface area contributed by atoms with E-state index in [0.29, 0.717) is 0 Å². The quantitative estimate of drug-likeness (QED) is 0.904. The van der Waals surface area contributed by atoms with Gasteiger partial charge in [0.1, 0.15) is 0 Å². The van der Waals surface area contributed by atoms with E-state index in [-0.39, 0.29) is 11.9 Å². The first kappa shape index (κ1) is 14.3. The van der Waals surface area contributed by atoms with Gasteiger partial charge in [0.25, 0.3) is 0 Å². The molecule has 1 fully saturated rings. The Morgan fingerprint density at radius 2 is 2.14 bits per heavy atom. The molecular weight excluding hydrogens is 280 g/mol. The minimum atomic E-state index is -0.456. The minimum absolute atomic E-state index is 0.0384. The Bertz CT molecular complexity index is 638. The summed E-state index contributed by atoms with van der Waals surface area (Å²) >= 11 is 1.67. The molecule has 3 nitrogen and oxygen atoms in total. The first-order valence-corrected chi connectivity index (χ1v) is 8.19. The number of hydrogen-bond donors (Lipinski definition) is 2. The lowest BCUT2D eigenvalue weighted by molar-refractivity contribution is -0.125. The maximum Gasteiger partial charge on any atom is 0.231 e. The van der Waals surface area contributed by atoms with Gasteiger partial charge in [0, 0.05) is 22.2 Å². The van der Waals surface area contributed by atoms with Gasteiger partial charge in [-0.3, -0.25) is 4.79 Å². The van der Waals surface area contributed by atoms with Crippen molar-refractivity contribution in [3.05, 3.63) is 41.8 Å². The van der Waals surface area contributed by atoms with Crippen molar-refractivity contribution < 1.29 is 4.79 Å². The van der Waals surface area contributed by atoms with Crippen molar-refractivity contribution in [3.8, 4) is 10.4 Å². The molecule has 0 spiro atoms. The van der Waals surface area contributed by atoms with Crippen LogP contribution in [-0.2, 0) is 4.79 Å². The lowest BCUT2D eigenvalue weighted by atomic mass is 9.84. The zero-order chi connectivity index (χ0) is 14.9. The van der Waals surface area contributed by atoms with E-state index in [2.05, 4.69) is 11.4 Å². The third kappa shape index (κ3) is 2.61. The molecule has 1 saturated carbocycles. The highest BCUT2D eigenvalue weighted by Gasteiger charge is 2.43. The molecule has 4 heteroatoms. The largest absolute Gasteiger partial charge is 0.327 e. The Morgan fingerprint density at radius 3 is 2.81 bits per heavy atom. The predicted octanol–water partition coefficient (Wildman–Crippen LogP) is 3.87. The summed E-state index contributed by atoms with van der Waals surface area (Å²) in [6, 6.07) is 12.0. The number of nitrogens with one attached hydrogen (secondary N) is 1. The van der Waals surface area contributed by atoms with Crippen molar-refractivity contribution >= 4 is 22.9 Å². The monoisotopic (exact) mass is 300 g/mol. The van der Waals surface area contributed by atoms with Crippen molar-refractivity contribution in [1.82, 2.24) is 0 Å². The van der Waals surface area contributed by atoms with Crippen LogP contribution in [0, 0.1) is 5.41 Å². The fraction of sp³-hybridized carbons (Fsp3) is 0.353. The topological polar surface area (TPSA) is 55.1 Å². The van der Waals surface area contributed by atoms with E-state index in [0.717, 1.165) is 35.4 Å². The van der Waals surface area contributed by atoms with Crippen LogP contribution in [0.25, 0.3) is 10.4 Å². The van der Waals surface area contributed by atoms with Gasteiger partial charge in [-0.2, -0.15) is 0 Å². The number of carbonyl (C=O) groups is 1. The zero-order valence-corrected chi connectivity index (χ0v) is 13.0. The molecule has 0 saturated heterocycles.